The SMILES string of the molecule is N=C(N)c1nc(C(=N)N)c(C(=N)N)c(C(=N)N)c1C(=N)N. The van der Waals surface area contributed by atoms with E-state index in [0.29, 0.717) is 0 Å². The summed E-state index contributed by atoms with van der Waals surface area (Å²) < 4.78 is 0. The van der Waals surface area contributed by atoms with Crippen molar-refractivity contribution < 1.29 is 0 Å². The topological polar surface area (TPSA) is 262 Å². The molecule has 0 atom stereocenters. The Hall–Kier alpha value is -3.50. The second kappa shape index (κ2) is 5.24. The van der Waals surface area contributed by atoms with Crippen molar-refractivity contribution in [1.82, 2.24) is 4.98 Å². The first-order chi connectivity index (χ1) is 9.59. The Balaban J connectivity index is 4.13. The Labute approximate surface area is 119 Å². The van der Waals surface area contributed by atoms with Gasteiger partial charge >= 0.3 is 0 Å². The van der Waals surface area contributed by atoms with Gasteiger partial charge in [0.2, 0.25) is 0 Å². The summed E-state index contributed by atoms with van der Waals surface area (Å²) in [4.78, 5) is 3.86. The van der Waals surface area contributed by atoms with Crippen LogP contribution in [-0.2, 0) is 0 Å². The van der Waals surface area contributed by atoms with Crippen LogP contribution in [0.3, 0.4) is 0 Å². The molecule has 11 nitrogen and oxygen atoms in total. The van der Waals surface area contributed by atoms with Crippen molar-refractivity contribution in [2.75, 3.05) is 0 Å². The first-order valence-electron chi connectivity index (χ1n) is 5.39. The molecule has 0 saturated carbocycles. The molecule has 0 fully saturated rings. The Morgan fingerprint density at radius 1 is 0.524 bits per heavy atom. The lowest BCUT2D eigenvalue weighted by Crippen LogP contribution is -2.34. The maximum absolute atomic E-state index is 7.60. The molecule has 0 bridgehead atoms. The van der Waals surface area contributed by atoms with E-state index in [4.69, 9.17) is 55.7 Å². The second-order valence-corrected chi connectivity index (χ2v) is 4.00. The van der Waals surface area contributed by atoms with Crippen molar-refractivity contribution in [3.63, 3.8) is 0 Å². The van der Waals surface area contributed by atoms with Gasteiger partial charge in [-0.3, -0.25) is 27.0 Å². The third-order valence-electron chi connectivity index (χ3n) is 2.52. The fraction of sp³-hybridized carbons (Fsp3) is 0. The second-order valence-electron chi connectivity index (χ2n) is 4.00. The number of rotatable bonds is 5. The van der Waals surface area contributed by atoms with Gasteiger partial charge in [0.15, 0.2) is 0 Å². The maximum atomic E-state index is 7.60. The largest absolute Gasteiger partial charge is 0.384 e. The van der Waals surface area contributed by atoms with Crippen molar-refractivity contribution in [2.24, 2.45) is 28.7 Å². The first-order valence-corrected chi connectivity index (χ1v) is 5.39. The van der Waals surface area contributed by atoms with E-state index in [1.807, 2.05) is 0 Å². The number of amidine groups is 5. The van der Waals surface area contributed by atoms with Crippen molar-refractivity contribution in [1.29, 1.82) is 27.0 Å². The normalized spacial score (nSPS) is 9.90. The molecule has 1 aromatic rings. The number of hydrogen-bond acceptors (Lipinski definition) is 6. The van der Waals surface area contributed by atoms with Gasteiger partial charge in [0.25, 0.3) is 0 Å². The molecular weight excluding hydrogens is 274 g/mol. The lowest BCUT2D eigenvalue weighted by atomic mass is 9.94. The van der Waals surface area contributed by atoms with Gasteiger partial charge in [0.1, 0.15) is 40.6 Å². The van der Waals surface area contributed by atoms with Crippen LogP contribution in [0.4, 0.5) is 0 Å². The van der Waals surface area contributed by atoms with Crippen LogP contribution < -0.4 is 28.7 Å². The molecule has 110 valence electrons. The lowest BCUT2D eigenvalue weighted by Gasteiger charge is -2.18. The summed E-state index contributed by atoms with van der Waals surface area (Å²) >= 11 is 0. The highest BCUT2D eigenvalue weighted by atomic mass is 14.9. The molecule has 21 heavy (non-hydrogen) atoms. The minimum atomic E-state index is -0.571. The van der Waals surface area contributed by atoms with Gasteiger partial charge in [-0.1, -0.05) is 0 Å². The van der Waals surface area contributed by atoms with Crippen molar-refractivity contribution in [3.05, 3.63) is 28.1 Å². The molecule has 1 rings (SSSR count). The molecule has 0 aliphatic rings. The molecular formula is C10H15N11. The van der Waals surface area contributed by atoms with Crippen molar-refractivity contribution in [2.45, 2.75) is 0 Å². The molecule has 0 spiro atoms. The molecule has 1 aromatic heterocycles. The number of nitrogens with two attached hydrogens (primary N) is 5. The van der Waals surface area contributed by atoms with Gasteiger partial charge in [0, 0.05) is 5.56 Å². The van der Waals surface area contributed by atoms with Crippen molar-refractivity contribution in [3.8, 4) is 0 Å². The number of nitrogens with one attached hydrogen (secondary N) is 5. The monoisotopic (exact) mass is 289 g/mol. The Bertz CT molecular complexity index is 649. The number of pyridine rings is 1. The fourth-order valence-electron chi connectivity index (χ4n) is 1.77. The van der Waals surface area contributed by atoms with E-state index in [1.54, 1.807) is 0 Å². The predicted molar refractivity (Wildman–Crippen MR) is 79.3 cm³/mol. The van der Waals surface area contributed by atoms with Crippen LogP contribution in [0.25, 0.3) is 0 Å². The average molecular weight is 289 g/mol. The zero-order valence-electron chi connectivity index (χ0n) is 10.8. The van der Waals surface area contributed by atoms with Crippen LogP contribution in [0.2, 0.25) is 0 Å². The van der Waals surface area contributed by atoms with E-state index < -0.39 is 29.2 Å². The van der Waals surface area contributed by atoms with E-state index in [1.165, 1.54) is 0 Å². The van der Waals surface area contributed by atoms with Gasteiger partial charge in [0.05, 0.1) is 11.1 Å². The van der Waals surface area contributed by atoms with Crippen LogP contribution in [0, 0.1) is 27.0 Å². The van der Waals surface area contributed by atoms with Gasteiger partial charge in [-0.25, -0.2) is 4.98 Å². The van der Waals surface area contributed by atoms with E-state index in [2.05, 4.69) is 4.98 Å². The van der Waals surface area contributed by atoms with Gasteiger partial charge in [-0.15, -0.1) is 0 Å². The molecule has 0 unspecified atom stereocenters. The van der Waals surface area contributed by atoms with Crippen LogP contribution in [-0.4, -0.2) is 34.2 Å². The first kappa shape index (κ1) is 15.6. The smallest absolute Gasteiger partial charge is 0.142 e. The van der Waals surface area contributed by atoms with Crippen LogP contribution in [0.5, 0.6) is 0 Å². The molecule has 0 saturated heterocycles. The minimum absolute atomic E-state index is 0.204. The summed E-state index contributed by atoms with van der Waals surface area (Å²) in [6, 6.07) is 0. The number of nitrogen functional groups attached to an aromatic ring is 5. The molecule has 11 heteroatoms. The molecule has 0 amide bonds. The van der Waals surface area contributed by atoms with Crippen LogP contribution in [0.15, 0.2) is 0 Å². The van der Waals surface area contributed by atoms with Crippen molar-refractivity contribution >= 4 is 29.2 Å². The Morgan fingerprint density at radius 2 is 0.810 bits per heavy atom. The molecule has 0 aliphatic heterocycles. The molecule has 0 aliphatic carbocycles. The molecule has 0 radical (unpaired) electrons. The maximum Gasteiger partial charge on any atom is 0.142 e. The summed E-state index contributed by atoms with van der Waals surface area (Å²) in [5.41, 5.74) is 25.9. The lowest BCUT2D eigenvalue weighted by molar-refractivity contribution is 1.17. The highest BCUT2D eigenvalue weighted by Gasteiger charge is 2.27. The zero-order chi connectivity index (χ0) is 16.5. The van der Waals surface area contributed by atoms with E-state index in [9.17, 15) is 0 Å². The summed E-state index contributed by atoms with van der Waals surface area (Å²) in [5.74, 6) is -2.80. The van der Waals surface area contributed by atoms with E-state index >= 15 is 0 Å². The summed E-state index contributed by atoms with van der Waals surface area (Å²) in [6.45, 7) is 0. The number of hydrogen-bond donors (Lipinski definition) is 10. The van der Waals surface area contributed by atoms with Gasteiger partial charge < -0.3 is 28.7 Å². The molecule has 0 aromatic carbocycles. The highest BCUT2D eigenvalue weighted by molar-refractivity contribution is 6.21. The minimum Gasteiger partial charge on any atom is -0.384 e. The van der Waals surface area contributed by atoms with E-state index in [-0.39, 0.29) is 28.1 Å². The van der Waals surface area contributed by atoms with Crippen LogP contribution >= 0.6 is 0 Å². The third kappa shape index (κ3) is 2.60. The summed E-state index contributed by atoms with van der Waals surface area (Å²) in [6.07, 6.45) is 0. The number of nitrogens with zero attached hydrogens (tertiary/aromatic N) is 1. The Morgan fingerprint density at radius 3 is 1.00 bits per heavy atom. The average Bonchev–Trinajstić information content (AvgIpc) is 2.34. The fourth-order valence-corrected chi connectivity index (χ4v) is 1.77. The summed E-state index contributed by atoms with van der Waals surface area (Å²) in [5, 5.41) is 37.7. The van der Waals surface area contributed by atoms with E-state index in [0.717, 1.165) is 0 Å². The third-order valence-corrected chi connectivity index (χ3v) is 2.52. The number of aromatic nitrogens is 1. The quantitative estimate of drug-likeness (QED) is 0.206. The van der Waals surface area contributed by atoms with Gasteiger partial charge in [-0.2, -0.15) is 0 Å². The van der Waals surface area contributed by atoms with Crippen LogP contribution in [0.1, 0.15) is 28.1 Å². The zero-order valence-corrected chi connectivity index (χ0v) is 10.8. The highest BCUT2D eigenvalue weighted by Crippen LogP contribution is 2.20. The summed E-state index contributed by atoms with van der Waals surface area (Å²) in [7, 11) is 0. The predicted octanol–water partition coefficient (Wildman–Crippen LogP) is -2.50. The Kier molecular flexibility index (Phi) is 3.88. The molecule has 15 N–H and O–H groups in total. The molecule has 1 heterocycles. The standard InChI is InChI=1S/C10H15N11/c11-6(12)1-2(7(13)14)4(9(17)18)21-5(10(19)20)3(1)8(15)16/h(H3,11,12)(H3,13,14)(H3,15,16)(H3,17,18)(H3,19,20). The van der Waals surface area contributed by atoms with Gasteiger partial charge in [-0.05, 0) is 0 Å².